The lowest BCUT2D eigenvalue weighted by atomic mass is 10.2. The zero-order valence-corrected chi connectivity index (χ0v) is 6.14. The minimum atomic E-state index is 0.242. The Kier molecular flexibility index (Phi) is 5.52. The first-order chi connectivity index (χ1) is 4.39. The number of carbonyl (C=O) groups excluding carboxylic acids is 1. The van der Waals surface area contributed by atoms with Crippen LogP contribution in [0.5, 0.6) is 0 Å². The van der Waals surface area contributed by atoms with Gasteiger partial charge in [0.1, 0.15) is 6.61 Å². The van der Waals surface area contributed by atoms with E-state index in [-0.39, 0.29) is 5.78 Å². The van der Waals surface area contributed by atoms with Crippen molar-refractivity contribution in [2.75, 3.05) is 13.2 Å². The summed E-state index contributed by atoms with van der Waals surface area (Å²) in [4.78, 5) is 10.3. The number of hydrogen-bond donors (Lipinski definition) is 0. The van der Waals surface area contributed by atoms with E-state index in [9.17, 15) is 4.79 Å². The maximum atomic E-state index is 10.3. The van der Waals surface area contributed by atoms with Crippen LogP contribution in [0.1, 0.15) is 26.7 Å². The number of carbonyl (C=O) groups is 1. The molecule has 0 atom stereocenters. The highest BCUT2D eigenvalue weighted by atomic mass is 16.5. The summed E-state index contributed by atoms with van der Waals surface area (Å²) in [6.07, 6.45) is 1.64. The van der Waals surface area contributed by atoms with Crippen molar-refractivity contribution < 1.29 is 9.53 Å². The SMILES string of the molecule is CC.O=C1CCCOC1. The van der Waals surface area contributed by atoms with Gasteiger partial charge in [-0.15, -0.1) is 0 Å². The molecule has 0 radical (unpaired) electrons. The van der Waals surface area contributed by atoms with Crippen LogP contribution in [-0.2, 0) is 9.53 Å². The average Bonchev–Trinajstić information content (AvgIpc) is 1.94. The summed E-state index contributed by atoms with van der Waals surface area (Å²) in [6, 6.07) is 0. The highest BCUT2D eigenvalue weighted by Gasteiger charge is 2.06. The molecule has 2 nitrogen and oxygen atoms in total. The second-order valence-corrected chi connectivity index (χ2v) is 1.69. The molecular formula is C7H14O2. The molecule has 1 aliphatic heterocycles. The van der Waals surface area contributed by atoms with Crippen LogP contribution in [-0.4, -0.2) is 19.0 Å². The normalized spacial score (nSPS) is 18.2. The van der Waals surface area contributed by atoms with Gasteiger partial charge >= 0.3 is 0 Å². The molecule has 2 heteroatoms. The summed E-state index contributed by atoms with van der Waals surface area (Å²) in [5.41, 5.74) is 0. The first-order valence-electron chi connectivity index (χ1n) is 3.49. The molecule has 1 aliphatic rings. The Hall–Kier alpha value is -0.370. The van der Waals surface area contributed by atoms with Crippen LogP contribution in [0.3, 0.4) is 0 Å². The standard InChI is InChI=1S/C5H8O2.C2H6/c6-5-2-1-3-7-4-5;1-2/h1-4H2;1-2H3. The van der Waals surface area contributed by atoms with E-state index in [0.29, 0.717) is 6.61 Å². The highest BCUT2D eigenvalue weighted by molar-refractivity contribution is 5.80. The summed E-state index contributed by atoms with van der Waals surface area (Å²) < 4.78 is 4.83. The molecule has 9 heavy (non-hydrogen) atoms. The maximum Gasteiger partial charge on any atom is 0.158 e. The molecule has 0 unspecified atom stereocenters. The fourth-order valence-corrected chi connectivity index (χ4v) is 0.630. The van der Waals surface area contributed by atoms with Crippen LogP contribution in [0.2, 0.25) is 0 Å². The first kappa shape index (κ1) is 8.63. The van der Waals surface area contributed by atoms with Gasteiger partial charge in [0, 0.05) is 13.0 Å². The van der Waals surface area contributed by atoms with Crippen molar-refractivity contribution in [2.45, 2.75) is 26.7 Å². The monoisotopic (exact) mass is 130 g/mol. The summed E-state index contributed by atoms with van der Waals surface area (Å²) in [5, 5.41) is 0. The lowest BCUT2D eigenvalue weighted by Crippen LogP contribution is -2.15. The molecule has 1 heterocycles. The van der Waals surface area contributed by atoms with Crippen LogP contribution in [0.15, 0.2) is 0 Å². The van der Waals surface area contributed by atoms with E-state index in [1.807, 2.05) is 13.8 Å². The molecule has 0 saturated carbocycles. The molecular weight excluding hydrogens is 116 g/mol. The van der Waals surface area contributed by atoms with E-state index in [4.69, 9.17) is 4.74 Å². The lowest BCUT2D eigenvalue weighted by molar-refractivity contribution is -0.126. The summed E-state index contributed by atoms with van der Waals surface area (Å²) in [7, 11) is 0. The fourth-order valence-electron chi connectivity index (χ4n) is 0.630. The predicted octanol–water partition coefficient (Wildman–Crippen LogP) is 1.39. The Balaban J connectivity index is 0.000000291. The molecule has 1 saturated heterocycles. The van der Waals surface area contributed by atoms with Crippen LogP contribution < -0.4 is 0 Å². The van der Waals surface area contributed by atoms with E-state index in [2.05, 4.69) is 0 Å². The Morgan fingerprint density at radius 3 is 2.33 bits per heavy atom. The zero-order chi connectivity index (χ0) is 7.11. The molecule has 0 aromatic rings. The molecule has 0 N–H and O–H groups in total. The average molecular weight is 130 g/mol. The first-order valence-corrected chi connectivity index (χ1v) is 3.49. The summed E-state index contributed by atoms with van der Waals surface area (Å²) >= 11 is 0. The van der Waals surface area contributed by atoms with E-state index < -0.39 is 0 Å². The largest absolute Gasteiger partial charge is 0.374 e. The fraction of sp³-hybridized carbons (Fsp3) is 0.857. The van der Waals surface area contributed by atoms with Crippen molar-refractivity contribution in [1.82, 2.24) is 0 Å². The third kappa shape index (κ3) is 4.15. The van der Waals surface area contributed by atoms with Crippen LogP contribution in [0.4, 0.5) is 0 Å². The van der Waals surface area contributed by atoms with Gasteiger partial charge in [0.05, 0.1) is 0 Å². The van der Waals surface area contributed by atoms with Crippen LogP contribution >= 0.6 is 0 Å². The second-order valence-electron chi connectivity index (χ2n) is 1.69. The summed E-state index contributed by atoms with van der Waals surface area (Å²) in [5.74, 6) is 0.242. The number of rotatable bonds is 0. The van der Waals surface area contributed by atoms with E-state index in [1.54, 1.807) is 0 Å². The third-order valence-corrected chi connectivity index (χ3v) is 1.01. The molecule has 0 amide bonds. The van der Waals surface area contributed by atoms with Crippen molar-refractivity contribution in [1.29, 1.82) is 0 Å². The maximum absolute atomic E-state index is 10.3. The van der Waals surface area contributed by atoms with Gasteiger partial charge in [-0.2, -0.15) is 0 Å². The van der Waals surface area contributed by atoms with Gasteiger partial charge in [0.25, 0.3) is 0 Å². The van der Waals surface area contributed by atoms with E-state index >= 15 is 0 Å². The van der Waals surface area contributed by atoms with Crippen molar-refractivity contribution in [2.24, 2.45) is 0 Å². The Bertz CT molecular complexity index is 71.0. The van der Waals surface area contributed by atoms with Crippen molar-refractivity contribution >= 4 is 5.78 Å². The highest BCUT2D eigenvalue weighted by Crippen LogP contribution is 1.98. The predicted molar refractivity (Wildman–Crippen MR) is 36.4 cm³/mol. The zero-order valence-electron chi connectivity index (χ0n) is 6.14. The van der Waals surface area contributed by atoms with Gasteiger partial charge in [0.2, 0.25) is 0 Å². The molecule has 0 bridgehead atoms. The quantitative estimate of drug-likeness (QED) is 0.495. The molecule has 0 aromatic carbocycles. The molecule has 0 aliphatic carbocycles. The molecule has 1 fully saturated rings. The number of hydrogen-bond acceptors (Lipinski definition) is 2. The number of ether oxygens (including phenoxy) is 1. The number of ketones is 1. The lowest BCUT2D eigenvalue weighted by Gasteiger charge is -2.07. The van der Waals surface area contributed by atoms with Gasteiger partial charge < -0.3 is 4.74 Å². The van der Waals surface area contributed by atoms with Crippen molar-refractivity contribution in [3.05, 3.63) is 0 Å². The van der Waals surface area contributed by atoms with Crippen molar-refractivity contribution in [3.8, 4) is 0 Å². The molecule has 1 rings (SSSR count). The molecule has 54 valence electrons. The third-order valence-electron chi connectivity index (χ3n) is 1.01. The minimum Gasteiger partial charge on any atom is -0.374 e. The van der Waals surface area contributed by atoms with Gasteiger partial charge in [-0.05, 0) is 6.42 Å². The van der Waals surface area contributed by atoms with E-state index in [0.717, 1.165) is 19.4 Å². The Morgan fingerprint density at radius 1 is 1.44 bits per heavy atom. The number of Topliss-reactive ketones (excluding diaryl/α,β-unsaturated/α-hetero) is 1. The Morgan fingerprint density at radius 2 is 2.11 bits per heavy atom. The van der Waals surface area contributed by atoms with Gasteiger partial charge in [-0.25, -0.2) is 0 Å². The van der Waals surface area contributed by atoms with E-state index in [1.165, 1.54) is 0 Å². The van der Waals surface area contributed by atoms with Crippen LogP contribution in [0, 0.1) is 0 Å². The Labute approximate surface area is 56.2 Å². The smallest absolute Gasteiger partial charge is 0.158 e. The van der Waals surface area contributed by atoms with Crippen LogP contribution in [0.25, 0.3) is 0 Å². The molecule has 0 aromatic heterocycles. The van der Waals surface area contributed by atoms with Gasteiger partial charge in [0.15, 0.2) is 5.78 Å². The van der Waals surface area contributed by atoms with Gasteiger partial charge in [-0.1, -0.05) is 13.8 Å². The topological polar surface area (TPSA) is 26.3 Å². The molecule has 0 spiro atoms. The summed E-state index contributed by atoms with van der Waals surface area (Å²) in [6.45, 7) is 5.12. The van der Waals surface area contributed by atoms with Crippen molar-refractivity contribution in [3.63, 3.8) is 0 Å². The van der Waals surface area contributed by atoms with Gasteiger partial charge in [-0.3, -0.25) is 4.79 Å². The minimum absolute atomic E-state index is 0.242. The second kappa shape index (κ2) is 5.76.